The van der Waals surface area contributed by atoms with E-state index in [1.54, 1.807) is 24.1 Å². The highest BCUT2D eigenvalue weighted by Gasteiger charge is 2.21. The monoisotopic (exact) mass is 428 g/mol. The number of aromatic nitrogens is 3. The number of hydrogen-bond acceptors (Lipinski definition) is 6. The van der Waals surface area contributed by atoms with Gasteiger partial charge in [-0.3, -0.25) is 4.68 Å². The van der Waals surface area contributed by atoms with Crippen LogP contribution in [0.25, 0.3) is 16.8 Å². The van der Waals surface area contributed by atoms with Gasteiger partial charge in [0.1, 0.15) is 23.9 Å². The van der Waals surface area contributed by atoms with E-state index in [9.17, 15) is 10.1 Å². The second kappa shape index (κ2) is 8.12. The Kier molecular flexibility index (Phi) is 5.00. The van der Waals surface area contributed by atoms with Crippen LogP contribution in [0.5, 0.6) is 11.5 Å². The van der Waals surface area contributed by atoms with Gasteiger partial charge < -0.3 is 18.6 Å². The molecule has 160 valence electrons. The van der Waals surface area contributed by atoms with Gasteiger partial charge in [0.25, 0.3) is 0 Å². The molecule has 0 bridgehead atoms. The van der Waals surface area contributed by atoms with E-state index >= 15 is 0 Å². The van der Waals surface area contributed by atoms with Crippen molar-refractivity contribution in [3.8, 4) is 28.8 Å². The van der Waals surface area contributed by atoms with Gasteiger partial charge in [-0.15, -0.1) is 0 Å². The Balaban J connectivity index is 1.41. The predicted octanol–water partition coefficient (Wildman–Crippen LogP) is 3.73. The summed E-state index contributed by atoms with van der Waals surface area (Å²) in [7, 11) is 1.75. The van der Waals surface area contributed by atoms with E-state index in [4.69, 9.17) is 14.2 Å². The van der Waals surface area contributed by atoms with Crippen molar-refractivity contribution in [2.45, 2.75) is 13.0 Å². The van der Waals surface area contributed by atoms with Crippen molar-refractivity contribution in [2.75, 3.05) is 13.2 Å². The third-order valence-corrected chi connectivity index (χ3v) is 5.30. The smallest absolute Gasteiger partial charge is 0.342 e. The Morgan fingerprint density at radius 2 is 2.03 bits per heavy atom. The quantitative estimate of drug-likeness (QED) is 0.460. The van der Waals surface area contributed by atoms with Crippen LogP contribution >= 0.6 is 0 Å². The standard InChI is InChI=1S/C24H20N4O4/c1-27-14-19(23(26-27)16-6-7-21-22(11-16)31-10-4-9-30-21)24(29)32-15-17-13-28-8-3-2-5-20(28)18(17)12-25/h2-3,5-8,11,13-14H,4,9-10,15H2,1H3. The van der Waals surface area contributed by atoms with Crippen LogP contribution in [0.2, 0.25) is 0 Å². The molecule has 4 aromatic rings. The minimum atomic E-state index is -0.514. The maximum Gasteiger partial charge on any atom is 0.342 e. The molecule has 0 saturated carbocycles. The molecule has 8 nitrogen and oxygen atoms in total. The molecule has 32 heavy (non-hydrogen) atoms. The summed E-state index contributed by atoms with van der Waals surface area (Å²) in [5, 5.41) is 14.0. The van der Waals surface area contributed by atoms with Crippen LogP contribution in [0.15, 0.2) is 55.0 Å². The average Bonchev–Trinajstić information content (AvgIpc) is 3.28. The average molecular weight is 428 g/mol. The van der Waals surface area contributed by atoms with Gasteiger partial charge in [0.2, 0.25) is 0 Å². The molecule has 0 unspecified atom stereocenters. The van der Waals surface area contributed by atoms with Crippen molar-refractivity contribution < 1.29 is 19.0 Å². The molecular weight excluding hydrogens is 408 g/mol. The lowest BCUT2D eigenvalue weighted by Crippen LogP contribution is -2.06. The molecule has 1 aliphatic heterocycles. The second-order valence-electron chi connectivity index (χ2n) is 7.49. The summed E-state index contributed by atoms with van der Waals surface area (Å²) in [6.07, 6.45) is 6.09. The number of carbonyl (C=O) groups is 1. The molecule has 1 aromatic carbocycles. The first kappa shape index (κ1) is 19.7. The van der Waals surface area contributed by atoms with E-state index in [1.165, 1.54) is 0 Å². The van der Waals surface area contributed by atoms with E-state index in [1.807, 2.05) is 47.0 Å². The molecule has 1 aliphatic rings. The maximum absolute atomic E-state index is 13.0. The van der Waals surface area contributed by atoms with Crippen LogP contribution < -0.4 is 9.47 Å². The highest BCUT2D eigenvalue weighted by atomic mass is 16.5. The number of ether oxygens (including phenoxy) is 3. The van der Waals surface area contributed by atoms with Crippen molar-refractivity contribution in [3.63, 3.8) is 0 Å². The zero-order valence-electron chi connectivity index (χ0n) is 17.4. The first-order valence-electron chi connectivity index (χ1n) is 10.2. The maximum atomic E-state index is 13.0. The number of nitrogens with zero attached hydrogens (tertiary/aromatic N) is 4. The summed E-state index contributed by atoms with van der Waals surface area (Å²) in [6.45, 7) is 1.16. The van der Waals surface area contributed by atoms with Crippen molar-refractivity contribution in [3.05, 3.63) is 71.7 Å². The molecule has 5 rings (SSSR count). The topological polar surface area (TPSA) is 90.8 Å². The molecule has 0 radical (unpaired) electrons. The minimum Gasteiger partial charge on any atom is -0.490 e. The van der Waals surface area contributed by atoms with Gasteiger partial charge in [-0.05, 0) is 30.3 Å². The summed E-state index contributed by atoms with van der Waals surface area (Å²) < 4.78 is 20.5. The summed E-state index contributed by atoms with van der Waals surface area (Å²) in [5.41, 5.74) is 3.48. The first-order valence-corrected chi connectivity index (χ1v) is 10.2. The van der Waals surface area contributed by atoms with Crippen LogP contribution in [-0.4, -0.2) is 33.4 Å². The van der Waals surface area contributed by atoms with Gasteiger partial charge in [0.05, 0.1) is 24.3 Å². The van der Waals surface area contributed by atoms with E-state index in [2.05, 4.69) is 11.2 Å². The number of carbonyl (C=O) groups excluding carboxylic acids is 1. The Morgan fingerprint density at radius 1 is 1.19 bits per heavy atom. The molecule has 0 aliphatic carbocycles. The van der Waals surface area contributed by atoms with E-state index in [-0.39, 0.29) is 6.61 Å². The fourth-order valence-electron chi connectivity index (χ4n) is 3.80. The number of benzene rings is 1. The summed E-state index contributed by atoms with van der Waals surface area (Å²) >= 11 is 0. The predicted molar refractivity (Wildman–Crippen MR) is 115 cm³/mol. The fourth-order valence-corrected chi connectivity index (χ4v) is 3.80. The summed E-state index contributed by atoms with van der Waals surface area (Å²) in [4.78, 5) is 13.0. The molecule has 0 fully saturated rings. The van der Waals surface area contributed by atoms with Gasteiger partial charge in [-0.2, -0.15) is 10.4 Å². The number of hydrogen-bond donors (Lipinski definition) is 0. The Morgan fingerprint density at radius 3 is 2.88 bits per heavy atom. The molecule has 0 atom stereocenters. The lowest BCUT2D eigenvalue weighted by Gasteiger charge is -2.09. The highest BCUT2D eigenvalue weighted by Crippen LogP contribution is 2.35. The second-order valence-corrected chi connectivity index (χ2v) is 7.49. The fraction of sp³-hybridized carbons (Fsp3) is 0.208. The first-order chi connectivity index (χ1) is 15.6. The number of fused-ring (bicyclic) bond motifs is 2. The number of aryl methyl sites for hydroxylation is 1. The van der Waals surface area contributed by atoms with Gasteiger partial charge in [0.15, 0.2) is 11.5 Å². The van der Waals surface area contributed by atoms with Crippen molar-refractivity contribution in [2.24, 2.45) is 7.05 Å². The van der Waals surface area contributed by atoms with Gasteiger partial charge in [-0.1, -0.05) is 6.07 Å². The minimum absolute atomic E-state index is 0.0150. The molecular formula is C24H20N4O4. The normalized spacial score (nSPS) is 12.9. The lowest BCUT2D eigenvalue weighted by atomic mass is 10.1. The van der Waals surface area contributed by atoms with E-state index < -0.39 is 5.97 Å². The zero-order chi connectivity index (χ0) is 22.1. The number of esters is 1. The lowest BCUT2D eigenvalue weighted by molar-refractivity contribution is 0.0473. The summed E-state index contributed by atoms with van der Waals surface area (Å²) in [5.74, 6) is 0.791. The van der Waals surface area contributed by atoms with Gasteiger partial charge in [-0.25, -0.2) is 4.79 Å². The highest BCUT2D eigenvalue weighted by molar-refractivity contribution is 5.96. The number of pyridine rings is 1. The molecule has 3 aromatic heterocycles. The molecule has 0 saturated heterocycles. The van der Waals surface area contributed by atoms with Gasteiger partial charge >= 0.3 is 5.97 Å². The summed E-state index contributed by atoms with van der Waals surface area (Å²) in [6, 6.07) is 13.3. The Labute approximate surface area is 184 Å². The van der Waals surface area contributed by atoms with Crippen LogP contribution in [0.3, 0.4) is 0 Å². The Bertz CT molecular complexity index is 1360. The van der Waals surface area contributed by atoms with Crippen molar-refractivity contribution >= 4 is 11.5 Å². The van der Waals surface area contributed by atoms with Crippen LogP contribution in [0, 0.1) is 11.3 Å². The Hall–Kier alpha value is -4.25. The largest absolute Gasteiger partial charge is 0.490 e. The molecule has 0 amide bonds. The van der Waals surface area contributed by atoms with Crippen LogP contribution in [0.1, 0.15) is 27.9 Å². The third kappa shape index (κ3) is 3.54. The molecule has 0 spiro atoms. The van der Waals surface area contributed by atoms with E-state index in [0.29, 0.717) is 47.1 Å². The number of nitriles is 1. The molecule has 4 heterocycles. The number of rotatable bonds is 4. The van der Waals surface area contributed by atoms with Gasteiger partial charge in [0, 0.05) is 43.2 Å². The molecule has 8 heteroatoms. The van der Waals surface area contributed by atoms with Crippen LogP contribution in [0.4, 0.5) is 0 Å². The SMILES string of the molecule is Cn1cc(C(=O)OCc2cn3ccccc3c2C#N)c(-c2ccc3c(c2)OCCCO3)n1. The van der Waals surface area contributed by atoms with E-state index in [0.717, 1.165) is 17.5 Å². The third-order valence-electron chi connectivity index (χ3n) is 5.30. The molecule has 0 N–H and O–H groups in total. The van der Waals surface area contributed by atoms with Crippen molar-refractivity contribution in [1.29, 1.82) is 5.26 Å². The zero-order valence-corrected chi connectivity index (χ0v) is 17.4. The van der Waals surface area contributed by atoms with Crippen molar-refractivity contribution in [1.82, 2.24) is 14.2 Å². The van der Waals surface area contributed by atoms with Crippen LogP contribution in [-0.2, 0) is 18.4 Å².